The molecule has 6 heteroatoms. The molecule has 0 radical (unpaired) electrons. The van der Waals surface area contributed by atoms with Crippen molar-refractivity contribution in [3.8, 4) is 17.5 Å². The fourth-order valence-corrected chi connectivity index (χ4v) is 3.50. The van der Waals surface area contributed by atoms with E-state index in [0.29, 0.717) is 6.42 Å². The highest BCUT2D eigenvalue weighted by Crippen LogP contribution is 2.28. The molecule has 6 nitrogen and oxygen atoms in total. The van der Waals surface area contributed by atoms with Gasteiger partial charge in [-0.15, -0.1) is 0 Å². The number of rotatable bonds is 5. The molecule has 0 saturated carbocycles. The molecule has 29 heavy (non-hydrogen) atoms. The molecule has 144 valence electrons. The lowest BCUT2D eigenvalue weighted by Gasteiger charge is -2.11. The van der Waals surface area contributed by atoms with Gasteiger partial charge in [0.05, 0.1) is 41.2 Å². The Labute approximate surface area is 169 Å². The van der Waals surface area contributed by atoms with E-state index in [1.807, 2.05) is 35.6 Å². The standard InChI is InChI=1S/C23H22N6/c1-16-11-21-20(12-17(16)5-4-9-24)18(6-7-19-8-10-26-29(19)3)13-22(27-21)23-14-25-15-28(23)2/h6-8,10-15H,4-5H2,1-3H3/b7-6+. The number of nitriles is 1. The van der Waals surface area contributed by atoms with Crippen molar-refractivity contribution in [1.82, 2.24) is 24.3 Å². The van der Waals surface area contributed by atoms with Gasteiger partial charge in [0, 0.05) is 32.1 Å². The minimum atomic E-state index is 0.507. The summed E-state index contributed by atoms with van der Waals surface area (Å²) >= 11 is 0. The first kappa shape index (κ1) is 18.6. The Morgan fingerprint density at radius 3 is 2.72 bits per heavy atom. The predicted molar refractivity (Wildman–Crippen MR) is 115 cm³/mol. The molecule has 0 N–H and O–H groups in total. The number of nitrogens with zero attached hydrogens (tertiary/aromatic N) is 6. The summed E-state index contributed by atoms with van der Waals surface area (Å²) in [6.07, 6.45) is 10.8. The zero-order valence-electron chi connectivity index (χ0n) is 16.8. The molecule has 3 heterocycles. The number of hydrogen-bond donors (Lipinski definition) is 0. The van der Waals surface area contributed by atoms with E-state index in [1.54, 1.807) is 12.5 Å². The van der Waals surface area contributed by atoms with Crippen LogP contribution in [-0.4, -0.2) is 24.3 Å². The third kappa shape index (κ3) is 3.67. The van der Waals surface area contributed by atoms with Crippen molar-refractivity contribution in [1.29, 1.82) is 5.26 Å². The summed E-state index contributed by atoms with van der Waals surface area (Å²) in [6, 6.07) is 10.6. The molecule has 0 saturated heterocycles. The molecule has 4 rings (SSSR count). The average Bonchev–Trinajstić information content (AvgIpc) is 3.32. The molecular formula is C23H22N6. The highest BCUT2D eigenvalue weighted by Gasteiger charge is 2.11. The fraction of sp³-hybridized carbons (Fsp3) is 0.217. The van der Waals surface area contributed by atoms with E-state index >= 15 is 0 Å². The van der Waals surface area contributed by atoms with Gasteiger partial charge in [-0.05, 0) is 60.4 Å². The van der Waals surface area contributed by atoms with Crippen LogP contribution in [0, 0.1) is 18.3 Å². The quantitative estimate of drug-likeness (QED) is 0.516. The Morgan fingerprint density at radius 2 is 2.03 bits per heavy atom. The molecule has 0 aliphatic heterocycles. The van der Waals surface area contributed by atoms with E-state index < -0.39 is 0 Å². The molecule has 0 atom stereocenters. The lowest BCUT2D eigenvalue weighted by Crippen LogP contribution is -1.97. The van der Waals surface area contributed by atoms with E-state index in [4.69, 9.17) is 10.2 Å². The Balaban J connectivity index is 1.90. The molecule has 0 aliphatic rings. The number of benzene rings is 1. The summed E-state index contributed by atoms with van der Waals surface area (Å²) in [5.41, 5.74) is 7.22. The minimum absolute atomic E-state index is 0.507. The van der Waals surface area contributed by atoms with Crippen molar-refractivity contribution in [2.24, 2.45) is 14.1 Å². The van der Waals surface area contributed by atoms with E-state index in [2.05, 4.69) is 53.4 Å². The number of aromatic nitrogens is 5. The van der Waals surface area contributed by atoms with Gasteiger partial charge in [-0.1, -0.05) is 6.08 Å². The van der Waals surface area contributed by atoms with Gasteiger partial charge in [-0.3, -0.25) is 4.68 Å². The fourth-order valence-electron chi connectivity index (χ4n) is 3.50. The smallest absolute Gasteiger partial charge is 0.0948 e. The highest BCUT2D eigenvalue weighted by atomic mass is 15.2. The molecule has 0 unspecified atom stereocenters. The molecule has 0 aliphatic carbocycles. The van der Waals surface area contributed by atoms with E-state index in [1.165, 1.54) is 5.56 Å². The minimum Gasteiger partial charge on any atom is -0.332 e. The second-order valence-electron chi connectivity index (χ2n) is 7.15. The Bertz CT molecular complexity index is 1250. The van der Waals surface area contributed by atoms with Crippen LogP contribution in [0.25, 0.3) is 34.4 Å². The maximum atomic E-state index is 8.98. The number of hydrogen-bond acceptors (Lipinski definition) is 4. The van der Waals surface area contributed by atoms with Gasteiger partial charge in [0.15, 0.2) is 0 Å². The normalized spacial score (nSPS) is 11.4. The molecular weight excluding hydrogens is 360 g/mol. The largest absolute Gasteiger partial charge is 0.332 e. The Morgan fingerprint density at radius 1 is 1.17 bits per heavy atom. The summed E-state index contributed by atoms with van der Waals surface area (Å²) < 4.78 is 3.81. The van der Waals surface area contributed by atoms with Crippen molar-refractivity contribution < 1.29 is 0 Å². The van der Waals surface area contributed by atoms with Crippen molar-refractivity contribution in [3.05, 3.63) is 65.4 Å². The molecule has 0 bridgehead atoms. The van der Waals surface area contributed by atoms with Crippen LogP contribution in [0.2, 0.25) is 0 Å². The summed E-state index contributed by atoms with van der Waals surface area (Å²) in [6.45, 7) is 2.08. The van der Waals surface area contributed by atoms with Crippen LogP contribution < -0.4 is 0 Å². The zero-order valence-corrected chi connectivity index (χ0v) is 16.8. The third-order valence-electron chi connectivity index (χ3n) is 5.18. The van der Waals surface area contributed by atoms with Crippen molar-refractivity contribution in [2.45, 2.75) is 19.8 Å². The lowest BCUT2D eigenvalue weighted by atomic mass is 9.97. The molecule has 3 aromatic heterocycles. The van der Waals surface area contributed by atoms with Crippen molar-refractivity contribution >= 4 is 23.1 Å². The second kappa shape index (κ2) is 7.72. The number of imidazole rings is 1. The van der Waals surface area contributed by atoms with E-state index in [9.17, 15) is 0 Å². The second-order valence-corrected chi connectivity index (χ2v) is 7.15. The van der Waals surface area contributed by atoms with Crippen LogP contribution in [0.1, 0.15) is 28.8 Å². The van der Waals surface area contributed by atoms with Gasteiger partial charge in [-0.25, -0.2) is 9.97 Å². The maximum absolute atomic E-state index is 8.98. The van der Waals surface area contributed by atoms with E-state index in [0.717, 1.165) is 45.5 Å². The van der Waals surface area contributed by atoms with Crippen LogP contribution in [-0.2, 0) is 20.5 Å². The summed E-state index contributed by atoms with van der Waals surface area (Å²) in [5, 5.41) is 14.3. The average molecular weight is 382 g/mol. The van der Waals surface area contributed by atoms with Crippen molar-refractivity contribution in [3.63, 3.8) is 0 Å². The zero-order chi connectivity index (χ0) is 20.4. The van der Waals surface area contributed by atoms with Crippen LogP contribution >= 0.6 is 0 Å². The molecule has 1 aromatic carbocycles. The lowest BCUT2D eigenvalue weighted by molar-refractivity contribution is 0.760. The van der Waals surface area contributed by atoms with Crippen LogP contribution in [0.3, 0.4) is 0 Å². The molecule has 0 amide bonds. The van der Waals surface area contributed by atoms with Crippen LogP contribution in [0.5, 0.6) is 0 Å². The van der Waals surface area contributed by atoms with Gasteiger partial charge in [0.1, 0.15) is 0 Å². The van der Waals surface area contributed by atoms with Gasteiger partial charge < -0.3 is 4.57 Å². The topological polar surface area (TPSA) is 72.3 Å². The number of fused-ring (bicyclic) bond motifs is 1. The van der Waals surface area contributed by atoms with Gasteiger partial charge in [0.25, 0.3) is 0 Å². The first-order valence-electron chi connectivity index (χ1n) is 9.51. The summed E-state index contributed by atoms with van der Waals surface area (Å²) in [4.78, 5) is 9.14. The molecule has 0 fully saturated rings. The third-order valence-corrected chi connectivity index (χ3v) is 5.18. The monoisotopic (exact) mass is 382 g/mol. The van der Waals surface area contributed by atoms with Gasteiger partial charge in [0.2, 0.25) is 0 Å². The summed E-state index contributed by atoms with van der Waals surface area (Å²) in [7, 11) is 3.89. The van der Waals surface area contributed by atoms with Crippen LogP contribution in [0.4, 0.5) is 0 Å². The predicted octanol–water partition coefficient (Wildman–Crippen LogP) is 4.30. The first-order chi connectivity index (χ1) is 14.1. The van der Waals surface area contributed by atoms with Crippen molar-refractivity contribution in [2.75, 3.05) is 0 Å². The van der Waals surface area contributed by atoms with Crippen LogP contribution in [0.15, 0.2) is 43.0 Å². The van der Waals surface area contributed by atoms with Gasteiger partial charge >= 0.3 is 0 Å². The van der Waals surface area contributed by atoms with E-state index in [-0.39, 0.29) is 0 Å². The molecule has 0 spiro atoms. The highest BCUT2D eigenvalue weighted by molar-refractivity contribution is 5.93. The number of pyridine rings is 1. The maximum Gasteiger partial charge on any atom is 0.0948 e. The summed E-state index contributed by atoms with van der Waals surface area (Å²) in [5.74, 6) is 0. The molecule has 4 aromatic rings. The number of aryl methyl sites for hydroxylation is 4. The Hall–Kier alpha value is -3.72. The first-order valence-corrected chi connectivity index (χ1v) is 9.51. The SMILES string of the molecule is Cc1cc2nc(-c3cncn3C)cc(/C=C/c3ccnn3C)c2cc1CCC#N. The Kier molecular flexibility index (Phi) is 4.96. The van der Waals surface area contributed by atoms with Gasteiger partial charge in [-0.2, -0.15) is 10.4 Å².